The first-order valence-electron chi connectivity index (χ1n) is 10.4. The summed E-state index contributed by atoms with van der Waals surface area (Å²) in [5, 5.41) is 3.42. The Bertz CT molecular complexity index is 867. The first-order chi connectivity index (χ1) is 15.0. The molecular weight excluding hydrogens is 418 g/mol. The lowest BCUT2D eigenvalue weighted by atomic mass is 10.2. The van der Waals surface area contributed by atoms with Crippen LogP contribution >= 0.6 is 11.6 Å². The van der Waals surface area contributed by atoms with Gasteiger partial charge in [0.25, 0.3) is 5.91 Å². The Kier molecular flexibility index (Phi) is 8.55. The zero-order valence-corrected chi connectivity index (χ0v) is 18.4. The van der Waals surface area contributed by atoms with E-state index in [1.54, 1.807) is 29.2 Å². The Morgan fingerprint density at radius 1 is 1.00 bits per heavy atom. The van der Waals surface area contributed by atoms with Crippen LogP contribution in [0.2, 0.25) is 5.02 Å². The molecule has 1 fully saturated rings. The van der Waals surface area contributed by atoms with Crippen molar-refractivity contribution in [2.75, 3.05) is 52.5 Å². The van der Waals surface area contributed by atoms with Gasteiger partial charge in [-0.25, -0.2) is 0 Å². The summed E-state index contributed by atoms with van der Waals surface area (Å²) < 4.78 is 11.0. The number of rotatable bonds is 9. The van der Waals surface area contributed by atoms with Crippen molar-refractivity contribution in [1.29, 1.82) is 0 Å². The zero-order chi connectivity index (χ0) is 22.1. The number of nitrogens with one attached hydrogen (secondary N) is 1. The highest BCUT2D eigenvalue weighted by molar-refractivity contribution is 6.30. The third kappa shape index (κ3) is 7.15. The predicted molar refractivity (Wildman–Crippen MR) is 120 cm³/mol. The minimum atomic E-state index is -0.0510. The molecule has 0 unspecified atom stereocenters. The molecule has 0 radical (unpaired) electrons. The van der Waals surface area contributed by atoms with Gasteiger partial charge in [-0.1, -0.05) is 17.7 Å². The van der Waals surface area contributed by atoms with Crippen LogP contribution in [0.15, 0.2) is 48.5 Å². The van der Waals surface area contributed by atoms with E-state index in [9.17, 15) is 9.59 Å². The molecule has 0 aromatic heterocycles. The monoisotopic (exact) mass is 445 g/mol. The first kappa shape index (κ1) is 22.9. The lowest BCUT2D eigenvalue weighted by Gasteiger charge is -2.34. The van der Waals surface area contributed by atoms with E-state index in [1.807, 2.05) is 36.1 Å². The minimum absolute atomic E-state index is 0.0296. The van der Waals surface area contributed by atoms with E-state index in [4.69, 9.17) is 21.1 Å². The second-order valence-corrected chi connectivity index (χ2v) is 7.62. The van der Waals surface area contributed by atoms with Crippen molar-refractivity contribution < 1.29 is 19.1 Å². The Balaban J connectivity index is 1.32. The number of carbonyl (C=O) groups excluding carboxylic acids is 2. The van der Waals surface area contributed by atoms with Gasteiger partial charge in [-0.2, -0.15) is 0 Å². The number of piperazine rings is 1. The van der Waals surface area contributed by atoms with Gasteiger partial charge < -0.3 is 19.7 Å². The van der Waals surface area contributed by atoms with Gasteiger partial charge in [0.05, 0.1) is 19.7 Å². The highest BCUT2D eigenvalue weighted by atomic mass is 35.5. The summed E-state index contributed by atoms with van der Waals surface area (Å²) in [6.45, 7) is 6.17. The normalized spacial score (nSPS) is 14.2. The summed E-state index contributed by atoms with van der Waals surface area (Å²) in [7, 11) is 0. The van der Waals surface area contributed by atoms with Crippen LogP contribution in [0.5, 0.6) is 11.5 Å². The Morgan fingerprint density at radius 2 is 1.68 bits per heavy atom. The molecule has 2 amide bonds. The molecule has 0 aliphatic carbocycles. The number of carbonyl (C=O) groups is 2. The van der Waals surface area contributed by atoms with Crippen molar-refractivity contribution in [3.63, 3.8) is 0 Å². The van der Waals surface area contributed by atoms with E-state index in [2.05, 4.69) is 5.32 Å². The average molecular weight is 446 g/mol. The third-order valence-electron chi connectivity index (χ3n) is 4.93. The van der Waals surface area contributed by atoms with Gasteiger partial charge in [0.15, 0.2) is 0 Å². The highest BCUT2D eigenvalue weighted by Gasteiger charge is 2.23. The molecule has 0 bridgehead atoms. The fourth-order valence-electron chi connectivity index (χ4n) is 3.33. The van der Waals surface area contributed by atoms with E-state index < -0.39 is 0 Å². The van der Waals surface area contributed by atoms with Gasteiger partial charge in [-0.05, 0) is 49.4 Å². The number of benzene rings is 2. The quantitative estimate of drug-likeness (QED) is 0.601. The second-order valence-electron chi connectivity index (χ2n) is 7.18. The molecule has 1 aliphatic rings. The molecule has 8 heteroatoms. The largest absolute Gasteiger partial charge is 0.494 e. The molecule has 3 rings (SSSR count). The van der Waals surface area contributed by atoms with Gasteiger partial charge in [0.2, 0.25) is 5.91 Å². The van der Waals surface area contributed by atoms with Gasteiger partial charge in [-0.15, -0.1) is 0 Å². The zero-order valence-electron chi connectivity index (χ0n) is 17.7. The standard InChI is InChI=1S/C23H28ClN3O4/c1-2-30-20-6-8-21(9-7-20)31-15-10-25-22(28)17-26-11-13-27(14-12-26)23(29)18-4-3-5-19(24)16-18/h3-9,16H,2,10-15,17H2,1H3,(H,25,28). The van der Waals surface area contributed by atoms with Crippen molar-refractivity contribution in [1.82, 2.24) is 15.1 Å². The summed E-state index contributed by atoms with van der Waals surface area (Å²) >= 11 is 5.98. The maximum atomic E-state index is 12.6. The molecule has 0 saturated carbocycles. The lowest BCUT2D eigenvalue weighted by Crippen LogP contribution is -2.51. The number of amides is 2. The molecule has 0 atom stereocenters. The van der Waals surface area contributed by atoms with Gasteiger partial charge in [0, 0.05) is 36.8 Å². The van der Waals surface area contributed by atoms with Crippen molar-refractivity contribution >= 4 is 23.4 Å². The van der Waals surface area contributed by atoms with E-state index in [0.717, 1.165) is 11.5 Å². The van der Waals surface area contributed by atoms with Crippen LogP contribution < -0.4 is 14.8 Å². The Labute approximate surface area is 187 Å². The molecule has 2 aromatic rings. The average Bonchev–Trinajstić information content (AvgIpc) is 2.78. The van der Waals surface area contributed by atoms with Crippen LogP contribution in [0.3, 0.4) is 0 Å². The van der Waals surface area contributed by atoms with Crippen LogP contribution in [0.25, 0.3) is 0 Å². The smallest absolute Gasteiger partial charge is 0.253 e. The molecule has 7 nitrogen and oxygen atoms in total. The van der Waals surface area contributed by atoms with Gasteiger partial charge in [0.1, 0.15) is 18.1 Å². The summed E-state index contributed by atoms with van der Waals surface area (Å²) in [6.07, 6.45) is 0. The lowest BCUT2D eigenvalue weighted by molar-refractivity contribution is -0.122. The first-order valence-corrected chi connectivity index (χ1v) is 10.8. The molecule has 0 spiro atoms. The molecule has 1 aliphatic heterocycles. The fraction of sp³-hybridized carbons (Fsp3) is 0.391. The molecule has 1 saturated heterocycles. The minimum Gasteiger partial charge on any atom is -0.494 e. The van der Waals surface area contributed by atoms with E-state index in [-0.39, 0.29) is 11.8 Å². The molecule has 2 aromatic carbocycles. The van der Waals surface area contributed by atoms with Crippen LogP contribution in [-0.2, 0) is 4.79 Å². The van der Waals surface area contributed by atoms with Crippen molar-refractivity contribution in [2.24, 2.45) is 0 Å². The number of nitrogens with zero attached hydrogens (tertiary/aromatic N) is 2. The summed E-state index contributed by atoms with van der Waals surface area (Å²) in [5.41, 5.74) is 0.589. The van der Waals surface area contributed by atoms with Crippen LogP contribution in [0.1, 0.15) is 17.3 Å². The van der Waals surface area contributed by atoms with Crippen LogP contribution in [0.4, 0.5) is 0 Å². The highest BCUT2D eigenvalue weighted by Crippen LogP contribution is 2.17. The second kappa shape index (κ2) is 11.6. The molecule has 31 heavy (non-hydrogen) atoms. The third-order valence-corrected chi connectivity index (χ3v) is 5.16. The molecular formula is C23H28ClN3O4. The van der Waals surface area contributed by atoms with E-state index >= 15 is 0 Å². The SMILES string of the molecule is CCOc1ccc(OCCNC(=O)CN2CCN(C(=O)c3cccc(Cl)c3)CC2)cc1. The van der Waals surface area contributed by atoms with Gasteiger partial charge in [-0.3, -0.25) is 14.5 Å². The van der Waals surface area contributed by atoms with Crippen LogP contribution in [0, 0.1) is 0 Å². The molecule has 166 valence electrons. The summed E-state index contributed by atoms with van der Waals surface area (Å²) in [4.78, 5) is 28.6. The Morgan fingerprint density at radius 3 is 2.32 bits per heavy atom. The van der Waals surface area contributed by atoms with Crippen molar-refractivity contribution in [3.05, 3.63) is 59.1 Å². The predicted octanol–water partition coefficient (Wildman–Crippen LogP) is 2.69. The molecule has 1 N–H and O–H groups in total. The maximum absolute atomic E-state index is 12.6. The maximum Gasteiger partial charge on any atom is 0.253 e. The number of hydrogen-bond acceptors (Lipinski definition) is 5. The van der Waals surface area contributed by atoms with Crippen molar-refractivity contribution in [3.8, 4) is 11.5 Å². The summed E-state index contributed by atoms with van der Waals surface area (Å²) in [6, 6.07) is 14.4. The number of ether oxygens (including phenoxy) is 2. The fourth-order valence-corrected chi connectivity index (χ4v) is 3.52. The van der Waals surface area contributed by atoms with Crippen LogP contribution in [-0.4, -0.2) is 74.1 Å². The van der Waals surface area contributed by atoms with E-state index in [1.165, 1.54) is 0 Å². The number of hydrogen-bond donors (Lipinski definition) is 1. The summed E-state index contributed by atoms with van der Waals surface area (Å²) in [5.74, 6) is 1.46. The Hall–Kier alpha value is -2.77. The van der Waals surface area contributed by atoms with E-state index in [0.29, 0.717) is 63.1 Å². The van der Waals surface area contributed by atoms with Crippen molar-refractivity contribution in [2.45, 2.75) is 6.92 Å². The topological polar surface area (TPSA) is 71.1 Å². The van der Waals surface area contributed by atoms with Gasteiger partial charge >= 0.3 is 0 Å². The molecule has 1 heterocycles. The number of halogens is 1.